The quantitative estimate of drug-likeness (QED) is 0.185. The van der Waals surface area contributed by atoms with Crippen molar-refractivity contribution in [2.24, 2.45) is 0 Å². The van der Waals surface area contributed by atoms with Gasteiger partial charge in [-0.3, -0.25) is 0 Å². The summed E-state index contributed by atoms with van der Waals surface area (Å²) in [7, 11) is 0. The summed E-state index contributed by atoms with van der Waals surface area (Å²) in [6, 6.07) is 59.6. The molecule has 0 saturated heterocycles. The summed E-state index contributed by atoms with van der Waals surface area (Å²) in [6.07, 6.45) is 0. The molecule has 0 radical (unpaired) electrons. The second-order valence-corrected chi connectivity index (χ2v) is 13.5. The molecule has 0 bridgehead atoms. The van der Waals surface area contributed by atoms with E-state index in [1.54, 1.807) is 11.3 Å². The smallest absolute Gasteiger partial charge is 0.166 e. The fourth-order valence-electron chi connectivity index (χ4n) is 7.16. The van der Waals surface area contributed by atoms with Gasteiger partial charge in [-0.2, -0.15) is 0 Å². The third-order valence-electron chi connectivity index (χ3n) is 9.48. The summed E-state index contributed by atoms with van der Waals surface area (Å²) in [5.74, 6) is 1.92. The SMILES string of the molecule is c1ccc(-c2ccc(-n3c4ccccc4c4ccccc43)c(-c3nc(-c4ccccc4)nc(-c4cccc5c4sc4ccccc45)n3)c2)cc1. The number of hydrogen-bond acceptors (Lipinski definition) is 4. The van der Waals surface area contributed by atoms with E-state index in [9.17, 15) is 0 Å². The topological polar surface area (TPSA) is 43.6 Å². The zero-order valence-electron chi connectivity index (χ0n) is 26.9. The van der Waals surface area contributed by atoms with Crippen LogP contribution in [0.4, 0.5) is 0 Å². The van der Waals surface area contributed by atoms with E-state index in [2.05, 4.69) is 156 Å². The molecule has 5 heteroatoms. The molecule has 10 rings (SSSR count). The molecule has 0 amide bonds. The number of thiophene rings is 1. The number of para-hydroxylation sites is 2. The Morgan fingerprint density at radius 3 is 1.66 bits per heavy atom. The molecule has 0 saturated carbocycles. The van der Waals surface area contributed by atoms with Gasteiger partial charge in [-0.15, -0.1) is 11.3 Å². The van der Waals surface area contributed by atoms with Gasteiger partial charge in [-0.25, -0.2) is 15.0 Å². The van der Waals surface area contributed by atoms with E-state index in [1.165, 1.54) is 30.9 Å². The van der Waals surface area contributed by atoms with Crippen LogP contribution in [0.2, 0.25) is 0 Å². The highest BCUT2D eigenvalue weighted by atomic mass is 32.1. The van der Waals surface area contributed by atoms with E-state index in [1.807, 2.05) is 18.2 Å². The first kappa shape index (κ1) is 28.6. The molecule has 0 aliphatic carbocycles. The van der Waals surface area contributed by atoms with Gasteiger partial charge in [0.05, 0.1) is 16.7 Å². The zero-order chi connectivity index (χ0) is 33.0. The molecule has 0 aliphatic rings. The lowest BCUT2D eigenvalue weighted by molar-refractivity contribution is 1.07. The maximum absolute atomic E-state index is 5.36. The molecular formula is C45H28N4S. The molecule has 0 fully saturated rings. The highest BCUT2D eigenvalue weighted by molar-refractivity contribution is 7.26. The molecule has 0 spiro atoms. The first-order valence-corrected chi connectivity index (χ1v) is 17.5. The Balaban J connectivity index is 1.29. The molecule has 3 aromatic heterocycles. The number of rotatable bonds is 5. The van der Waals surface area contributed by atoms with Gasteiger partial charge < -0.3 is 4.57 Å². The highest BCUT2D eigenvalue weighted by Gasteiger charge is 2.21. The minimum atomic E-state index is 0.626. The van der Waals surface area contributed by atoms with E-state index in [-0.39, 0.29) is 0 Å². The molecule has 0 N–H and O–H groups in total. The highest BCUT2D eigenvalue weighted by Crippen LogP contribution is 2.41. The summed E-state index contributed by atoms with van der Waals surface area (Å²) in [4.78, 5) is 15.8. The molecule has 7 aromatic carbocycles. The van der Waals surface area contributed by atoms with Gasteiger partial charge in [0, 0.05) is 47.6 Å². The summed E-state index contributed by atoms with van der Waals surface area (Å²) >= 11 is 1.79. The standard InChI is InChI=1S/C45H28N4S/c1-3-14-29(15-4-1)31-26-27-40(49-38-23-10-7-18-32(38)33-19-8-11-24-39(33)49)37(28-31)45-47-43(30-16-5-2-6-17-30)46-44(48-45)36-22-13-21-35-34-20-9-12-25-41(34)50-42(35)36/h1-28H. The normalized spacial score (nSPS) is 11.6. The van der Waals surface area contributed by atoms with E-state index < -0.39 is 0 Å². The molecule has 10 aromatic rings. The minimum absolute atomic E-state index is 0.626. The predicted octanol–water partition coefficient (Wildman–Crippen LogP) is 12.0. The molecule has 0 atom stereocenters. The van der Waals surface area contributed by atoms with Gasteiger partial charge in [0.25, 0.3) is 0 Å². The Hall–Kier alpha value is -6.43. The van der Waals surface area contributed by atoms with Gasteiger partial charge in [-0.05, 0) is 47.5 Å². The van der Waals surface area contributed by atoms with Crippen molar-refractivity contribution in [2.75, 3.05) is 0 Å². The van der Waals surface area contributed by atoms with Crippen molar-refractivity contribution in [3.8, 4) is 51.0 Å². The van der Waals surface area contributed by atoms with Crippen molar-refractivity contribution in [3.63, 3.8) is 0 Å². The molecule has 0 unspecified atom stereocenters. The predicted molar refractivity (Wildman–Crippen MR) is 209 cm³/mol. The molecule has 3 heterocycles. The van der Waals surface area contributed by atoms with Crippen LogP contribution >= 0.6 is 11.3 Å². The van der Waals surface area contributed by atoms with Crippen LogP contribution < -0.4 is 0 Å². The average Bonchev–Trinajstić information content (AvgIpc) is 3.74. The average molecular weight is 657 g/mol. The number of aromatic nitrogens is 4. The van der Waals surface area contributed by atoms with Gasteiger partial charge in [0.1, 0.15) is 0 Å². The van der Waals surface area contributed by atoms with Crippen LogP contribution in [0.25, 0.3) is 93.0 Å². The van der Waals surface area contributed by atoms with Crippen LogP contribution in [0.15, 0.2) is 170 Å². The largest absolute Gasteiger partial charge is 0.309 e. The van der Waals surface area contributed by atoms with Crippen molar-refractivity contribution < 1.29 is 0 Å². The number of nitrogens with zero attached hydrogens (tertiary/aromatic N) is 4. The number of benzene rings is 7. The van der Waals surface area contributed by atoms with Gasteiger partial charge >= 0.3 is 0 Å². The maximum atomic E-state index is 5.36. The van der Waals surface area contributed by atoms with Crippen molar-refractivity contribution in [1.82, 2.24) is 19.5 Å². The molecular weight excluding hydrogens is 629 g/mol. The second kappa shape index (κ2) is 11.6. The maximum Gasteiger partial charge on any atom is 0.166 e. The lowest BCUT2D eigenvalue weighted by Gasteiger charge is -2.16. The fourth-order valence-corrected chi connectivity index (χ4v) is 8.37. The third kappa shape index (κ3) is 4.63. The summed E-state index contributed by atoms with van der Waals surface area (Å²) in [5, 5.41) is 4.87. The van der Waals surface area contributed by atoms with E-state index in [4.69, 9.17) is 15.0 Å². The Bertz CT molecular complexity index is 2820. The lowest BCUT2D eigenvalue weighted by atomic mass is 10.0. The fraction of sp³-hybridized carbons (Fsp3) is 0. The van der Waals surface area contributed by atoms with Gasteiger partial charge in [-0.1, -0.05) is 133 Å². The van der Waals surface area contributed by atoms with Crippen LogP contribution in [0.3, 0.4) is 0 Å². The summed E-state index contributed by atoms with van der Waals surface area (Å²) < 4.78 is 4.77. The van der Waals surface area contributed by atoms with E-state index >= 15 is 0 Å². The second-order valence-electron chi connectivity index (χ2n) is 12.4. The van der Waals surface area contributed by atoms with Crippen LogP contribution in [0.5, 0.6) is 0 Å². The zero-order valence-corrected chi connectivity index (χ0v) is 27.7. The van der Waals surface area contributed by atoms with Gasteiger partial charge in [0.2, 0.25) is 0 Å². The van der Waals surface area contributed by atoms with Crippen LogP contribution in [0, 0.1) is 0 Å². The molecule has 50 heavy (non-hydrogen) atoms. The van der Waals surface area contributed by atoms with Crippen molar-refractivity contribution in [1.29, 1.82) is 0 Å². The monoisotopic (exact) mass is 656 g/mol. The Morgan fingerprint density at radius 2 is 0.940 bits per heavy atom. The number of fused-ring (bicyclic) bond motifs is 6. The van der Waals surface area contributed by atoms with E-state index in [0.717, 1.165) is 44.5 Å². The van der Waals surface area contributed by atoms with Crippen molar-refractivity contribution >= 4 is 53.3 Å². The van der Waals surface area contributed by atoms with Crippen LogP contribution in [-0.2, 0) is 0 Å². The first-order valence-electron chi connectivity index (χ1n) is 16.7. The molecule has 234 valence electrons. The van der Waals surface area contributed by atoms with Gasteiger partial charge in [0.15, 0.2) is 17.5 Å². The van der Waals surface area contributed by atoms with Crippen molar-refractivity contribution in [2.45, 2.75) is 0 Å². The van der Waals surface area contributed by atoms with E-state index in [0.29, 0.717) is 17.5 Å². The molecule has 0 aliphatic heterocycles. The lowest BCUT2D eigenvalue weighted by Crippen LogP contribution is -2.04. The van der Waals surface area contributed by atoms with Crippen LogP contribution in [0.1, 0.15) is 0 Å². The summed E-state index contributed by atoms with van der Waals surface area (Å²) in [5.41, 5.74) is 8.39. The summed E-state index contributed by atoms with van der Waals surface area (Å²) in [6.45, 7) is 0. The Kier molecular flexibility index (Phi) is 6.64. The van der Waals surface area contributed by atoms with Crippen LogP contribution in [-0.4, -0.2) is 19.5 Å². The molecule has 4 nitrogen and oxygen atoms in total. The Morgan fingerprint density at radius 1 is 0.380 bits per heavy atom. The third-order valence-corrected chi connectivity index (χ3v) is 10.7. The number of hydrogen-bond donors (Lipinski definition) is 0. The minimum Gasteiger partial charge on any atom is -0.309 e. The Labute approximate surface area is 292 Å². The van der Waals surface area contributed by atoms with Crippen molar-refractivity contribution in [3.05, 3.63) is 170 Å². The first-order chi connectivity index (χ1) is 24.8.